The van der Waals surface area contributed by atoms with Crippen molar-refractivity contribution < 1.29 is 9.90 Å². The molecule has 0 aromatic heterocycles. The van der Waals surface area contributed by atoms with E-state index in [-0.39, 0.29) is 11.9 Å². The van der Waals surface area contributed by atoms with Crippen LogP contribution in [0.2, 0.25) is 0 Å². The number of anilines is 1. The van der Waals surface area contributed by atoms with Crippen molar-refractivity contribution in [3.63, 3.8) is 0 Å². The maximum absolute atomic E-state index is 12.7. The highest BCUT2D eigenvalue weighted by atomic mass is 79.9. The van der Waals surface area contributed by atoms with Crippen molar-refractivity contribution in [1.82, 2.24) is 9.80 Å². The molecule has 110 valence electrons. The molecule has 1 aliphatic rings. The number of likely N-dealkylation sites (tertiary alicyclic amines) is 1. The lowest BCUT2D eigenvalue weighted by molar-refractivity contribution is 0.0700. The fourth-order valence-corrected chi connectivity index (χ4v) is 2.96. The molecule has 1 amide bonds. The van der Waals surface area contributed by atoms with Crippen molar-refractivity contribution in [1.29, 1.82) is 0 Å². The molecule has 1 heterocycles. The summed E-state index contributed by atoms with van der Waals surface area (Å²) in [6.07, 6.45) is 0.148. The van der Waals surface area contributed by atoms with Gasteiger partial charge in [-0.15, -0.1) is 0 Å². The van der Waals surface area contributed by atoms with Crippen LogP contribution in [-0.2, 0) is 0 Å². The number of hydrogen-bond acceptors (Lipinski definition) is 4. The van der Waals surface area contributed by atoms with E-state index in [1.807, 2.05) is 25.1 Å². The Kier molecular flexibility index (Phi) is 4.67. The number of β-amino-alcohol motifs (C(OH)–C–C–N with tert-alkyl or cyclic N) is 1. The third kappa shape index (κ3) is 3.31. The lowest BCUT2D eigenvalue weighted by Gasteiger charge is -2.27. The fourth-order valence-electron chi connectivity index (χ4n) is 2.60. The van der Waals surface area contributed by atoms with Gasteiger partial charge >= 0.3 is 0 Å². The highest BCUT2D eigenvalue weighted by Crippen LogP contribution is 2.25. The summed E-state index contributed by atoms with van der Waals surface area (Å²) in [6.45, 7) is 1.10. The molecular weight excluding hydrogens is 322 g/mol. The van der Waals surface area contributed by atoms with Crippen molar-refractivity contribution in [3.8, 4) is 0 Å². The number of nitrogens with two attached hydrogens (primary N) is 1. The normalized spacial score (nSPS) is 22.6. The first kappa shape index (κ1) is 15.3. The van der Waals surface area contributed by atoms with Crippen LogP contribution in [0.4, 0.5) is 5.69 Å². The Balaban J connectivity index is 2.24. The van der Waals surface area contributed by atoms with Gasteiger partial charge in [0, 0.05) is 29.3 Å². The zero-order valence-electron chi connectivity index (χ0n) is 11.7. The second-order valence-corrected chi connectivity index (χ2v) is 6.41. The number of nitrogen functional groups attached to an aromatic ring is 1. The molecule has 0 bridgehead atoms. The number of hydrogen-bond donors (Lipinski definition) is 2. The average Bonchev–Trinajstić information content (AvgIpc) is 2.71. The summed E-state index contributed by atoms with van der Waals surface area (Å²) < 4.78 is 0.818. The van der Waals surface area contributed by atoms with Crippen molar-refractivity contribution in [3.05, 3.63) is 28.2 Å². The maximum atomic E-state index is 12.7. The molecule has 6 heteroatoms. The number of aliphatic hydroxyl groups is 1. The molecule has 1 aliphatic heterocycles. The molecule has 2 unspecified atom stereocenters. The predicted octanol–water partition coefficient (Wildman–Crippen LogP) is 1.17. The molecule has 0 radical (unpaired) electrons. The number of amides is 1. The molecule has 0 aliphatic carbocycles. The maximum Gasteiger partial charge on any atom is 0.256 e. The highest BCUT2D eigenvalue weighted by Gasteiger charge is 2.35. The van der Waals surface area contributed by atoms with Crippen molar-refractivity contribution in [2.45, 2.75) is 18.6 Å². The van der Waals surface area contributed by atoms with Crippen LogP contribution >= 0.6 is 15.9 Å². The number of nitrogens with zero attached hydrogens (tertiary/aromatic N) is 2. The summed E-state index contributed by atoms with van der Waals surface area (Å²) in [4.78, 5) is 16.4. The second kappa shape index (κ2) is 6.11. The number of rotatable bonds is 3. The molecule has 1 aromatic rings. The van der Waals surface area contributed by atoms with Gasteiger partial charge in [0.25, 0.3) is 5.91 Å². The van der Waals surface area contributed by atoms with E-state index in [1.165, 1.54) is 0 Å². The third-order valence-corrected chi connectivity index (χ3v) is 3.97. The van der Waals surface area contributed by atoms with E-state index in [1.54, 1.807) is 17.0 Å². The van der Waals surface area contributed by atoms with Crippen LogP contribution in [0.15, 0.2) is 22.7 Å². The number of carbonyl (C=O) groups is 1. The van der Waals surface area contributed by atoms with E-state index in [4.69, 9.17) is 5.73 Å². The molecule has 5 nitrogen and oxygen atoms in total. The van der Waals surface area contributed by atoms with E-state index in [9.17, 15) is 9.90 Å². The molecule has 0 spiro atoms. The molecular formula is C14H20BrN3O2. The Hall–Kier alpha value is -1.11. The Bertz CT molecular complexity index is 507. The standard InChI is InChI=1S/C14H20BrN3O2/c1-17(2)7-10-6-11(19)8-18(10)14(20)12-5-9(15)3-4-13(12)16/h3-5,10-11,19H,6-8,16H2,1-2H3. The van der Waals surface area contributed by atoms with Crippen LogP contribution in [0, 0.1) is 0 Å². The van der Waals surface area contributed by atoms with Crippen LogP contribution in [0.1, 0.15) is 16.8 Å². The number of benzene rings is 1. The summed E-state index contributed by atoms with van der Waals surface area (Å²) >= 11 is 3.36. The molecule has 1 saturated heterocycles. The van der Waals surface area contributed by atoms with Gasteiger partial charge in [-0.2, -0.15) is 0 Å². The predicted molar refractivity (Wildman–Crippen MR) is 82.6 cm³/mol. The molecule has 2 atom stereocenters. The Morgan fingerprint density at radius 1 is 1.55 bits per heavy atom. The van der Waals surface area contributed by atoms with Crippen molar-refractivity contribution in [2.24, 2.45) is 0 Å². The topological polar surface area (TPSA) is 69.8 Å². The van der Waals surface area contributed by atoms with E-state index >= 15 is 0 Å². The van der Waals surface area contributed by atoms with Gasteiger partial charge in [0.2, 0.25) is 0 Å². The number of likely N-dealkylation sites (N-methyl/N-ethyl adjacent to an activating group) is 1. The van der Waals surface area contributed by atoms with Crippen molar-refractivity contribution in [2.75, 3.05) is 32.9 Å². The number of halogens is 1. The molecule has 2 rings (SSSR count). The van der Waals surface area contributed by atoms with Gasteiger partial charge < -0.3 is 20.6 Å². The Morgan fingerprint density at radius 2 is 2.25 bits per heavy atom. The van der Waals surface area contributed by atoms with Crippen LogP contribution in [0.25, 0.3) is 0 Å². The van der Waals surface area contributed by atoms with Gasteiger partial charge in [0.1, 0.15) is 0 Å². The van der Waals surface area contributed by atoms with Crippen molar-refractivity contribution >= 4 is 27.5 Å². The van der Waals surface area contributed by atoms with Gasteiger partial charge in [0.05, 0.1) is 11.7 Å². The molecule has 1 fully saturated rings. The molecule has 0 saturated carbocycles. The minimum Gasteiger partial charge on any atom is -0.398 e. The van der Waals surface area contributed by atoms with E-state index in [2.05, 4.69) is 15.9 Å². The highest BCUT2D eigenvalue weighted by molar-refractivity contribution is 9.10. The van der Waals surface area contributed by atoms with Gasteiger partial charge in [-0.3, -0.25) is 4.79 Å². The molecule has 20 heavy (non-hydrogen) atoms. The van der Waals surface area contributed by atoms with Crippen LogP contribution in [0.3, 0.4) is 0 Å². The summed E-state index contributed by atoms with van der Waals surface area (Å²) in [5, 5.41) is 9.85. The molecule has 3 N–H and O–H groups in total. The summed E-state index contributed by atoms with van der Waals surface area (Å²) in [5.74, 6) is -0.118. The van der Waals surface area contributed by atoms with Gasteiger partial charge in [-0.25, -0.2) is 0 Å². The second-order valence-electron chi connectivity index (χ2n) is 5.49. The first-order valence-electron chi connectivity index (χ1n) is 6.57. The minimum absolute atomic E-state index is 0.0193. The van der Waals surface area contributed by atoms with Gasteiger partial charge in [-0.05, 0) is 38.7 Å². The quantitative estimate of drug-likeness (QED) is 0.809. The van der Waals surface area contributed by atoms with Crippen LogP contribution in [-0.4, -0.2) is 60.1 Å². The van der Waals surface area contributed by atoms with Crippen LogP contribution in [0.5, 0.6) is 0 Å². The summed E-state index contributed by atoms with van der Waals surface area (Å²) in [7, 11) is 3.92. The Labute approximate surface area is 127 Å². The van der Waals surface area contributed by atoms with E-state index in [0.29, 0.717) is 24.2 Å². The molecule has 1 aromatic carbocycles. The van der Waals surface area contributed by atoms with Gasteiger partial charge in [0.15, 0.2) is 0 Å². The summed E-state index contributed by atoms with van der Waals surface area (Å²) in [5.41, 5.74) is 6.84. The van der Waals surface area contributed by atoms with E-state index in [0.717, 1.165) is 11.0 Å². The minimum atomic E-state index is -0.461. The summed E-state index contributed by atoms with van der Waals surface area (Å²) in [6, 6.07) is 5.27. The van der Waals surface area contributed by atoms with Gasteiger partial charge in [-0.1, -0.05) is 15.9 Å². The first-order chi connectivity index (χ1) is 9.38. The SMILES string of the molecule is CN(C)CC1CC(O)CN1C(=O)c1cc(Br)ccc1N. The lowest BCUT2D eigenvalue weighted by Crippen LogP contribution is -2.41. The third-order valence-electron chi connectivity index (χ3n) is 3.47. The zero-order chi connectivity index (χ0) is 14.9. The number of carbonyl (C=O) groups excluding carboxylic acids is 1. The smallest absolute Gasteiger partial charge is 0.256 e. The van der Waals surface area contributed by atoms with E-state index < -0.39 is 6.10 Å². The first-order valence-corrected chi connectivity index (χ1v) is 7.36. The van der Waals surface area contributed by atoms with Crippen LogP contribution < -0.4 is 5.73 Å². The fraction of sp³-hybridized carbons (Fsp3) is 0.500. The average molecular weight is 342 g/mol. The largest absolute Gasteiger partial charge is 0.398 e. The Morgan fingerprint density at radius 3 is 2.90 bits per heavy atom. The monoisotopic (exact) mass is 341 g/mol. The zero-order valence-corrected chi connectivity index (χ0v) is 13.3. The number of aliphatic hydroxyl groups excluding tert-OH is 1. The lowest BCUT2D eigenvalue weighted by atomic mass is 10.1.